The molecule has 44 heavy (non-hydrogen) atoms. The monoisotopic (exact) mass is 616 g/mol. The molecule has 0 aromatic heterocycles. The van der Waals surface area contributed by atoms with Gasteiger partial charge in [0, 0.05) is 52.7 Å². The molecule has 0 aromatic carbocycles. The molecule has 9 heteroatoms. The highest BCUT2D eigenvalue weighted by molar-refractivity contribution is 5.84. The Labute approximate surface area is 265 Å². The number of nitrogens with zero attached hydrogens (tertiary/aromatic N) is 1. The van der Waals surface area contributed by atoms with Crippen molar-refractivity contribution in [1.82, 2.24) is 10.6 Å². The lowest BCUT2D eigenvalue weighted by Crippen LogP contribution is -2.48. The quantitative estimate of drug-likeness (QED) is 0.125. The molecule has 2 heterocycles. The zero-order valence-corrected chi connectivity index (χ0v) is 27.7. The van der Waals surface area contributed by atoms with Gasteiger partial charge in [-0.25, -0.2) is 0 Å². The lowest BCUT2D eigenvalue weighted by atomic mass is 9.82. The number of aliphatic hydroxyl groups excluding tert-OH is 1. The third-order valence-corrected chi connectivity index (χ3v) is 9.85. The first-order chi connectivity index (χ1) is 21.2. The number of rotatable bonds is 20. The van der Waals surface area contributed by atoms with Crippen LogP contribution in [0.5, 0.6) is 0 Å². The van der Waals surface area contributed by atoms with Crippen molar-refractivity contribution in [2.45, 2.75) is 142 Å². The molecule has 7 atom stereocenters. The molecule has 3 N–H and O–H groups in total. The van der Waals surface area contributed by atoms with Crippen LogP contribution < -0.4 is 10.6 Å². The number of carbonyl (C=O) groups excluding carboxylic acids is 3. The molecule has 248 valence electrons. The molecule has 1 aliphatic carbocycles. The maximum atomic E-state index is 12.9. The lowest BCUT2D eigenvalue weighted by Gasteiger charge is -2.32. The van der Waals surface area contributed by atoms with Gasteiger partial charge >= 0.3 is 5.97 Å². The molecule has 2 fully saturated rings. The Morgan fingerprint density at radius 2 is 1.91 bits per heavy atom. The first kappa shape index (κ1) is 36.4. The molecule has 0 aromatic rings. The molecule has 2 aliphatic heterocycles. The number of ketones is 2. The Morgan fingerprint density at radius 3 is 2.64 bits per heavy atom. The summed E-state index contributed by atoms with van der Waals surface area (Å²) in [7, 11) is 1.63. The highest BCUT2D eigenvalue weighted by atomic mass is 16.5. The molecule has 3 aliphatic rings. The Balaban J connectivity index is 1.44. The number of aliphatic imine (C=N–C) groups is 1. The van der Waals surface area contributed by atoms with Crippen molar-refractivity contribution in [3.63, 3.8) is 0 Å². The minimum absolute atomic E-state index is 0.140. The highest BCUT2D eigenvalue weighted by Crippen LogP contribution is 2.32. The van der Waals surface area contributed by atoms with E-state index in [0.717, 1.165) is 70.9 Å². The summed E-state index contributed by atoms with van der Waals surface area (Å²) in [5.74, 6) is 1.47. The van der Waals surface area contributed by atoms with Crippen LogP contribution in [0.2, 0.25) is 0 Å². The third kappa shape index (κ3) is 13.1. The Kier molecular flexibility index (Phi) is 16.1. The van der Waals surface area contributed by atoms with Gasteiger partial charge in [-0.3, -0.25) is 14.4 Å². The molecular formula is C35H58N3O6+. The van der Waals surface area contributed by atoms with Gasteiger partial charge in [-0.05, 0) is 89.0 Å². The van der Waals surface area contributed by atoms with Crippen molar-refractivity contribution >= 4 is 23.8 Å². The van der Waals surface area contributed by atoms with Crippen molar-refractivity contribution in [3.05, 3.63) is 17.7 Å². The first-order valence-corrected chi connectivity index (χ1v) is 17.1. The fourth-order valence-corrected chi connectivity index (χ4v) is 7.04. The summed E-state index contributed by atoms with van der Waals surface area (Å²) in [5, 5.41) is 17.1. The van der Waals surface area contributed by atoms with Crippen LogP contribution in [0.3, 0.4) is 0 Å². The molecule has 3 rings (SSSR count). The number of ether oxygens (including phenoxy) is 2. The SMILES string of the molecule is CC[C@H](CC[C@H](CC(=O)CCC1CCC(O)C(OC)C1)OC(C)=O)CC1=C(CCC2CCNC(NCCC(C)=O)C2)[CH+]N=C1. The standard InChI is InChI=1S/C35H58N3O6/c1-5-26(8-12-32(44-25(3)40)21-31(41)11-7-27-9-13-33(42)34(19-27)43-4)18-30-23-36-22-29(30)10-6-28-15-17-38-35(20-28)37-16-14-24(2)39/h22-23,26-28,32-35,37-38,42H,5-21H2,1-4H3/q+1/t26-,27?,28?,32-,33?,34?,35?/m1/s1. The number of hydrogen-bond acceptors (Lipinski definition) is 9. The van der Waals surface area contributed by atoms with E-state index in [1.165, 1.54) is 24.5 Å². The number of esters is 1. The van der Waals surface area contributed by atoms with E-state index in [1.807, 2.05) is 12.8 Å². The number of hydrogen-bond donors (Lipinski definition) is 3. The second kappa shape index (κ2) is 19.4. The summed E-state index contributed by atoms with van der Waals surface area (Å²) < 4.78 is 11.0. The number of allylic oxidation sites excluding steroid dienone is 1. The van der Waals surface area contributed by atoms with Crippen molar-refractivity contribution in [2.75, 3.05) is 20.2 Å². The van der Waals surface area contributed by atoms with Gasteiger partial charge in [0.05, 0.1) is 23.9 Å². The van der Waals surface area contributed by atoms with Crippen LogP contribution in [-0.2, 0) is 23.9 Å². The van der Waals surface area contributed by atoms with Crippen LogP contribution in [0.4, 0.5) is 0 Å². The van der Waals surface area contributed by atoms with Gasteiger partial charge in [-0.15, -0.1) is 4.99 Å². The van der Waals surface area contributed by atoms with Gasteiger partial charge in [-0.2, -0.15) is 0 Å². The third-order valence-electron chi connectivity index (χ3n) is 9.85. The summed E-state index contributed by atoms with van der Waals surface area (Å²) in [4.78, 5) is 40.5. The van der Waals surface area contributed by atoms with Gasteiger partial charge < -0.3 is 25.2 Å². The normalized spacial score (nSPS) is 26.7. The smallest absolute Gasteiger partial charge is 0.302 e. The number of carbonyl (C=O) groups is 3. The first-order valence-electron chi connectivity index (χ1n) is 17.1. The van der Waals surface area contributed by atoms with Gasteiger partial charge in [-0.1, -0.05) is 13.3 Å². The minimum atomic E-state index is -0.415. The van der Waals surface area contributed by atoms with Gasteiger partial charge in [0.25, 0.3) is 0 Å². The molecule has 0 amide bonds. The highest BCUT2D eigenvalue weighted by Gasteiger charge is 2.30. The van der Waals surface area contributed by atoms with Crippen LogP contribution >= 0.6 is 0 Å². The van der Waals surface area contributed by atoms with Gasteiger partial charge in [0.1, 0.15) is 29.8 Å². The van der Waals surface area contributed by atoms with Crippen molar-refractivity contribution in [3.8, 4) is 0 Å². The number of piperidine rings is 1. The largest absolute Gasteiger partial charge is 0.462 e. The topological polar surface area (TPSA) is 126 Å². The molecule has 1 saturated carbocycles. The molecule has 1 saturated heterocycles. The second-order valence-electron chi connectivity index (χ2n) is 13.4. The van der Waals surface area contributed by atoms with E-state index in [9.17, 15) is 19.5 Å². The Morgan fingerprint density at radius 1 is 1.11 bits per heavy atom. The summed E-state index contributed by atoms with van der Waals surface area (Å²) in [6, 6.07) is 0. The number of Topliss-reactive ketones (excluding diaryl/α,β-unsaturated/α-hetero) is 2. The van der Waals surface area contributed by atoms with Gasteiger partial charge in [0.15, 0.2) is 6.21 Å². The van der Waals surface area contributed by atoms with Crippen molar-refractivity contribution in [2.24, 2.45) is 22.7 Å². The summed E-state index contributed by atoms with van der Waals surface area (Å²) in [5.41, 5.74) is 2.65. The lowest BCUT2D eigenvalue weighted by molar-refractivity contribution is -0.148. The molecule has 0 spiro atoms. The van der Waals surface area contributed by atoms with Crippen molar-refractivity contribution in [1.29, 1.82) is 0 Å². The van der Waals surface area contributed by atoms with E-state index >= 15 is 0 Å². The second-order valence-corrected chi connectivity index (χ2v) is 13.4. The average molecular weight is 617 g/mol. The molecule has 0 radical (unpaired) electrons. The maximum Gasteiger partial charge on any atom is 0.302 e. The van der Waals surface area contributed by atoms with E-state index in [1.54, 1.807) is 14.0 Å². The zero-order chi connectivity index (χ0) is 31.9. The van der Waals surface area contributed by atoms with E-state index in [4.69, 9.17) is 9.47 Å². The zero-order valence-electron chi connectivity index (χ0n) is 27.7. The van der Waals surface area contributed by atoms with Crippen LogP contribution in [0.15, 0.2) is 16.1 Å². The van der Waals surface area contributed by atoms with Gasteiger partial charge in [0.2, 0.25) is 0 Å². The fraction of sp³-hybridized carbons (Fsp3) is 0.800. The average Bonchev–Trinajstić information content (AvgIpc) is 3.44. The fourth-order valence-electron chi connectivity index (χ4n) is 7.04. The molecule has 0 bridgehead atoms. The molecular weight excluding hydrogens is 558 g/mol. The minimum Gasteiger partial charge on any atom is -0.462 e. The van der Waals surface area contributed by atoms with E-state index < -0.39 is 6.10 Å². The van der Waals surface area contributed by atoms with E-state index in [2.05, 4.69) is 22.5 Å². The van der Waals surface area contributed by atoms with Crippen LogP contribution in [0.25, 0.3) is 0 Å². The van der Waals surface area contributed by atoms with Crippen LogP contribution in [-0.4, -0.2) is 73.5 Å². The summed E-state index contributed by atoms with van der Waals surface area (Å²) >= 11 is 0. The maximum absolute atomic E-state index is 12.9. The van der Waals surface area contributed by atoms with E-state index in [-0.39, 0.29) is 42.3 Å². The van der Waals surface area contributed by atoms with Crippen LogP contribution in [0, 0.1) is 24.3 Å². The van der Waals surface area contributed by atoms with E-state index in [0.29, 0.717) is 43.4 Å². The van der Waals surface area contributed by atoms with Crippen molar-refractivity contribution < 1.29 is 29.0 Å². The Hall–Kier alpha value is -2.07. The summed E-state index contributed by atoms with van der Waals surface area (Å²) in [6.07, 6.45) is 13.8. The number of methoxy groups -OCH3 is 1. The molecule has 5 unspecified atom stereocenters. The predicted octanol–water partition coefficient (Wildman–Crippen LogP) is 5.25. The Bertz CT molecular complexity index is 982. The number of nitrogens with one attached hydrogen (secondary N) is 2. The number of aliphatic hydroxyl groups is 1. The van der Waals surface area contributed by atoms with Crippen LogP contribution in [0.1, 0.15) is 117 Å². The predicted molar refractivity (Wildman–Crippen MR) is 173 cm³/mol. The summed E-state index contributed by atoms with van der Waals surface area (Å²) in [6.45, 7) is 9.00. The molecule has 9 nitrogen and oxygen atoms in total.